The molecule has 0 fully saturated rings. The van der Waals surface area contributed by atoms with Gasteiger partial charge in [0.2, 0.25) is 0 Å². The third-order valence-electron chi connectivity index (χ3n) is 2.83. The smallest absolute Gasteiger partial charge is 0.138 e. The highest BCUT2D eigenvalue weighted by atomic mass is 32.2. The van der Waals surface area contributed by atoms with Gasteiger partial charge >= 0.3 is 0 Å². The summed E-state index contributed by atoms with van der Waals surface area (Å²) in [6, 6.07) is 10.3. The van der Waals surface area contributed by atoms with E-state index in [1.165, 1.54) is 9.90 Å². The van der Waals surface area contributed by atoms with E-state index >= 15 is 0 Å². The molecule has 0 aliphatic rings. The van der Waals surface area contributed by atoms with E-state index in [-0.39, 0.29) is 0 Å². The van der Waals surface area contributed by atoms with Crippen molar-refractivity contribution in [3.05, 3.63) is 47.6 Å². The average Bonchev–Trinajstić information content (AvgIpc) is 3.04. The zero-order chi connectivity index (χ0) is 13.1. The van der Waals surface area contributed by atoms with Crippen LogP contribution in [0.15, 0.2) is 51.1 Å². The van der Waals surface area contributed by atoms with Crippen molar-refractivity contribution in [3.8, 4) is 0 Å². The van der Waals surface area contributed by atoms with Crippen molar-refractivity contribution >= 4 is 28.7 Å². The lowest BCUT2D eigenvalue weighted by Gasteiger charge is -2.04. The summed E-state index contributed by atoms with van der Waals surface area (Å²) >= 11 is 3.50. The van der Waals surface area contributed by atoms with E-state index < -0.39 is 0 Å². The molecule has 3 nitrogen and oxygen atoms in total. The minimum atomic E-state index is 0.843. The molecule has 0 unspecified atom stereocenters. The summed E-state index contributed by atoms with van der Waals surface area (Å²) in [5.74, 6) is 0. The predicted octanol–water partition coefficient (Wildman–Crippen LogP) is 3.66. The zero-order valence-corrected chi connectivity index (χ0v) is 12.3. The second-order valence-electron chi connectivity index (χ2n) is 4.11. The fourth-order valence-electron chi connectivity index (χ4n) is 1.93. The minimum Gasteiger partial charge on any atom is -0.311 e. The number of rotatable bonds is 5. The van der Waals surface area contributed by atoms with Gasteiger partial charge in [0.05, 0.1) is 9.90 Å². The number of nitrogens with zero attached hydrogens (tertiary/aromatic N) is 2. The first-order valence-electron chi connectivity index (χ1n) is 6.26. The van der Waals surface area contributed by atoms with E-state index in [4.69, 9.17) is 4.98 Å². The summed E-state index contributed by atoms with van der Waals surface area (Å²) in [7, 11) is 0. The molecule has 3 rings (SSSR count). The Morgan fingerprint density at radius 1 is 1.32 bits per heavy atom. The van der Waals surface area contributed by atoms with Gasteiger partial charge in [-0.25, -0.2) is 4.98 Å². The van der Waals surface area contributed by atoms with Crippen molar-refractivity contribution in [3.63, 3.8) is 0 Å². The molecule has 0 aliphatic heterocycles. The molecule has 19 heavy (non-hydrogen) atoms. The van der Waals surface area contributed by atoms with E-state index in [0.29, 0.717) is 0 Å². The van der Waals surface area contributed by atoms with E-state index in [9.17, 15) is 0 Å². The Morgan fingerprint density at radius 3 is 3.05 bits per heavy atom. The number of hydrogen-bond acceptors (Lipinski definition) is 4. The molecule has 0 saturated heterocycles. The van der Waals surface area contributed by atoms with Crippen molar-refractivity contribution < 1.29 is 0 Å². The fourth-order valence-corrected chi connectivity index (χ4v) is 3.74. The van der Waals surface area contributed by atoms with Gasteiger partial charge in [0.1, 0.15) is 10.7 Å². The van der Waals surface area contributed by atoms with Gasteiger partial charge in [-0.15, -0.1) is 11.3 Å². The van der Waals surface area contributed by atoms with Crippen molar-refractivity contribution in [1.82, 2.24) is 14.7 Å². The molecule has 3 aromatic rings. The summed E-state index contributed by atoms with van der Waals surface area (Å²) in [6.07, 6.45) is 2.08. The number of hydrogen-bond donors (Lipinski definition) is 1. The first kappa shape index (κ1) is 12.7. The molecular formula is C14H15N3S2. The SMILES string of the molecule is CCNCc1c(Sc2cccs2)nc2ccccn12. The molecule has 0 saturated carbocycles. The van der Waals surface area contributed by atoms with Crippen LogP contribution in [0.25, 0.3) is 5.65 Å². The molecule has 0 atom stereocenters. The van der Waals surface area contributed by atoms with Crippen molar-refractivity contribution in [2.24, 2.45) is 0 Å². The van der Waals surface area contributed by atoms with E-state index in [2.05, 4.69) is 40.4 Å². The summed E-state index contributed by atoms with van der Waals surface area (Å²) in [5, 5.41) is 6.58. The molecule has 3 aromatic heterocycles. The van der Waals surface area contributed by atoms with Crippen molar-refractivity contribution in [2.45, 2.75) is 22.7 Å². The predicted molar refractivity (Wildman–Crippen MR) is 81.0 cm³/mol. The van der Waals surface area contributed by atoms with Crippen LogP contribution < -0.4 is 5.32 Å². The molecule has 1 N–H and O–H groups in total. The Labute approximate surface area is 120 Å². The largest absolute Gasteiger partial charge is 0.311 e. The molecule has 0 bridgehead atoms. The van der Waals surface area contributed by atoms with Gasteiger partial charge in [0.25, 0.3) is 0 Å². The second-order valence-corrected chi connectivity index (χ2v) is 6.34. The standard InChI is InChI=1S/C14H15N3S2/c1-2-15-10-11-14(19-13-7-5-9-18-13)16-12-6-3-4-8-17(11)12/h3-9,15H,2,10H2,1H3. The lowest BCUT2D eigenvalue weighted by atomic mass is 10.4. The summed E-state index contributed by atoms with van der Waals surface area (Å²) in [4.78, 5) is 4.73. The maximum Gasteiger partial charge on any atom is 0.138 e. The highest BCUT2D eigenvalue weighted by Gasteiger charge is 2.13. The minimum absolute atomic E-state index is 0.843. The molecular weight excluding hydrogens is 274 g/mol. The molecule has 0 aliphatic carbocycles. The molecule has 0 spiro atoms. The highest BCUT2D eigenvalue weighted by Crippen LogP contribution is 2.33. The van der Waals surface area contributed by atoms with Crippen LogP contribution in [0.5, 0.6) is 0 Å². The number of pyridine rings is 1. The van der Waals surface area contributed by atoms with E-state index in [0.717, 1.165) is 23.8 Å². The number of thiophene rings is 1. The molecule has 5 heteroatoms. The van der Waals surface area contributed by atoms with Gasteiger partial charge in [-0.05, 0) is 30.1 Å². The third kappa shape index (κ3) is 2.68. The summed E-state index contributed by atoms with van der Waals surface area (Å²) in [5.41, 5.74) is 2.24. The maximum absolute atomic E-state index is 4.73. The van der Waals surface area contributed by atoms with Gasteiger partial charge < -0.3 is 9.72 Å². The van der Waals surface area contributed by atoms with Crippen LogP contribution in [0.3, 0.4) is 0 Å². The van der Waals surface area contributed by atoms with Crippen LogP contribution in [0.1, 0.15) is 12.6 Å². The van der Waals surface area contributed by atoms with Crippen LogP contribution in [0, 0.1) is 0 Å². The molecule has 0 aromatic carbocycles. The zero-order valence-electron chi connectivity index (χ0n) is 10.7. The molecule has 3 heterocycles. The highest BCUT2D eigenvalue weighted by molar-refractivity contribution is 8.01. The average molecular weight is 289 g/mol. The van der Waals surface area contributed by atoms with Crippen LogP contribution in [0.2, 0.25) is 0 Å². The van der Waals surface area contributed by atoms with Gasteiger partial charge in [0, 0.05) is 12.7 Å². The molecule has 0 radical (unpaired) electrons. The lowest BCUT2D eigenvalue weighted by molar-refractivity contribution is 0.694. The van der Waals surface area contributed by atoms with Gasteiger partial charge in [-0.3, -0.25) is 0 Å². The van der Waals surface area contributed by atoms with Crippen LogP contribution in [-0.2, 0) is 6.54 Å². The Morgan fingerprint density at radius 2 is 2.26 bits per heavy atom. The Hall–Kier alpha value is -1.30. The number of nitrogens with one attached hydrogen (secondary N) is 1. The maximum atomic E-state index is 4.73. The monoisotopic (exact) mass is 289 g/mol. The number of fused-ring (bicyclic) bond motifs is 1. The summed E-state index contributed by atoms with van der Waals surface area (Å²) in [6.45, 7) is 3.92. The number of imidazole rings is 1. The molecule has 98 valence electrons. The first-order chi connectivity index (χ1) is 9.38. The van der Waals surface area contributed by atoms with Gasteiger partial charge in [0.15, 0.2) is 0 Å². The van der Waals surface area contributed by atoms with Crippen molar-refractivity contribution in [2.75, 3.05) is 6.54 Å². The van der Waals surface area contributed by atoms with Crippen molar-refractivity contribution in [1.29, 1.82) is 0 Å². The first-order valence-corrected chi connectivity index (χ1v) is 7.96. The van der Waals surface area contributed by atoms with E-state index in [1.807, 2.05) is 18.2 Å². The van der Waals surface area contributed by atoms with Gasteiger partial charge in [-0.1, -0.05) is 30.8 Å². The van der Waals surface area contributed by atoms with Crippen LogP contribution in [0.4, 0.5) is 0 Å². The quantitative estimate of drug-likeness (QED) is 0.777. The van der Waals surface area contributed by atoms with Crippen LogP contribution in [-0.4, -0.2) is 15.9 Å². The number of aromatic nitrogens is 2. The third-order valence-corrected chi connectivity index (χ3v) is 4.88. The lowest BCUT2D eigenvalue weighted by Crippen LogP contribution is -2.13. The fraction of sp³-hybridized carbons (Fsp3) is 0.214. The van der Waals surface area contributed by atoms with E-state index in [1.54, 1.807) is 23.1 Å². The Balaban J connectivity index is 2.01. The summed E-state index contributed by atoms with van der Waals surface area (Å²) < 4.78 is 3.44. The Kier molecular flexibility index (Phi) is 3.87. The normalized spacial score (nSPS) is 11.2. The van der Waals surface area contributed by atoms with Crippen LogP contribution >= 0.6 is 23.1 Å². The topological polar surface area (TPSA) is 29.3 Å². The second kappa shape index (κ2) is 5.77. The Bertz CT molecular complexity index is 658. The van der Waals surface area contributed by atoms with Gasteiger partial charge in [-0.2, -0.15) is 0 Å². The molecule has 0 amide bonds.